The number of carbonyl (C=O) groups excluding carboxylic acids is 1. The lowest BCUT2D eigenvalue weighted by Gasteiger charge is -2.48. The fourth-order valence-corrected chi connectivity index (χ4v) is 6.18. The first kappa shape index (κ1) is 22.5. The van der Waals surface area contributed by atoms with Crippen LogP contribution < -0.4 is 0 Å². The van der Waals surface area contributed by atoms with E-state index in [4.69, 9.17) is 0 Å². The van der Waals surface area contributed by atoms with Gasteiger partial charge in [-0.15, -0.1) is 5.10 Å². The summed E-state index contributed by atoms with van der Waals surface area (Å²) in [5.41, 5.74) is 3.36. The summed E-state index contributed by atoms with van der Waals surface area (Å²) in [6, 6.07) is 6.37. The predicted octanol–water partition coefficient (Wildman–Crippen LogP) is 2.68. The van der Waals surface area contributed by atoms with Crippen molar-refractivity contribution in [3.8, 4) is 5.69 Å². The number of piperazine rings is 1. The Hall–Kier alpha value is -2.32. The van der Waals surface area contributed by atoms with Crippen LogP contribution >= 0.6 is 0 Å². The van der Waals surface area contributed by atoms with Gasteiger partial charge in [-0.3, -0.25) is 14.6 Å². The van der Waals surface area contributed by atoms with Gasteiger partial charge in [0.05, 0.1) is 17.8 Å². The monoisotopic (exact) mass is 451 g/mol. The van der Waals surface area contributed by atoms with E-state index in [1.807, 2.05) is 9.58 Å². The molecule has 8 nitrogen and oxygen atoms in total. The van der Waals surface area contributed by atoms with Crippen LogP contribution in [0.25, 0.3) is 5.69 Å². The minimum absolute atomic E-state index is 0.137. The molecule has 178 valence electrons. The maximum atomic E-state index is 12.7. The Morgan fingerprint density at radius 2 is 1.58 bits per heavy atom. The SMILES string of the molecule is Cc1cccc(C)c1-n1nnnc1C1(N2CCN(CC(=O)N3CCCC3)CC2)CCCCC1. The fourth-order valence-electron chi connectivity index (χ4n) is 6.18. The highest BCUT2D eigenvalue weighted by Crippen LogP contribution is 2.42. The van der Waals surface area contributed by atoms with E-state index in [1.165, 1.54) is 30.4 Å². The molecule has 0 bridgehead atoms. The smallest absolute Gasteiger partial charge is 0.236 e. The molecule has 0 unspecified atom stereocenters. The van der Waals surface area contributed by atoms with E-state index >= 15 is 0 Å². The maximum absolute atomic E-state index is 12.7. The molecular weight excluding hydrogens is 414 g/mol. The third-order valence-electron chi connectivity index (χ3n) is 8.01. The van der Waals surface area contributed by atoms with Gasteiger partial charge >= 0.3 is 0 Å². The van der Waals surface area contributed by atoms with E-state index in [0.29, 0.717) is 12.5 Å². The van der Waals surface area contributed by atoms with Crippen molar-refractivity contribution in [3.63, 3.8) is 0 Å². The molecule has 1 aromatic carbocycles. The number of likely N-dealkylation sites (tertiary alicyclic amines) is 1. The van der Waals surface area contributed by atoms with Crippen molar-refractivity contribution in [2.75, 3.05) is 45.8 Å². The summed E-state index contributed by atoms with van der Waals surface area (Å²) in [5, 5.41) is 13.3. The van der Waals surface area contributed by atoms with Crippen molar-refractivity contribution in [2.45, 2.75) is 64.3 Å². The molecule has 0 spiro atoms. The van der Waals surface area contributed by atoms with E-state index in [0.717, 1.165) is 76.5 Å². The molecule has 2 saturated heterocycles. The molecule has 5 rings (SSSR count). The van der Waals surface area contributed by atoms with Crippen LogP contribution in [-0.4, -0.2) is 86.6 Å². The van der Waals surface area contributed by atoms with Gasteiger partial charge in [0.25, 0.3) is 0 Å². The summed E-state index contributed by atoms with van der Waals surface area (Å²) < 4.78 is 2.01. The molecule has 1 aliphatic carbocycles. The predicted molar refractivity (Wildman–Crippen MR) is 127 cm³/mol. The van der Waals surface area contributed by atoms with Gasteiger partial charge in [-0.1, -0.05) is 37.5 Å². The lowest BCUT2D eigenvalue weighted by atomic mass is 9.79. The second-order valence-corrected chi connectivity index (χ2v) is 10.1. The first-order valence-corrected chi connectivity index (χ1v) is 12.7. The number of nitrogens with zero attached hydrogens (tertiary/aromatic N) is 7. The summed E-state index contributed by atoms with van der Waals surface area (Å²) in [6.45, 7) is 10.4. The van der Waals surface area contributed by atoms with Crippen LogP contribution in [0.2, 0.25) is 0 Å². The summed E-state index contributed by atoms with van der Waals surface area (Å²) in [7, 11) is 0. The topological polar surface area (TPSA) is 70.4 Å². The van der Waals surface area contributed by atoms with Crippen LogP contribution in [0.4, 0.5) is 0 Å². The van der Waals surface area contributed by atoms with Crippen LogP contribution in [0.3, 0.4) is 0 Å². The molecule has 0 radical (unpaired) electrons. The van der Waals surface area contributed by atoms with Gasteiger partial charge < -0.3 is 4.90 Å². The molecule has 3 aliphatic rings. The van der Waals surface area contributed by atoms with Crippen molar-refractivity contribution in [1.29, 1.82) is 0 Å². The van der Waals surface area contributed by atoms with Gasteiger partial charge in [0.2, 0.25) is 5.91 Å². The van der Waals surface area contributed by atoms with Gasteiger partial charge in [-0.25, -0.2) is 0 Å². The van der Waals surface area contributed by atoms with Crippen LogP contribution in [-0.2, 0) is 10.3 Å². The highest BCUT2D eigenvalue weighted by molar-refractivity contribution is 5.78. The molecule has 33 heavy (non-hydrogen) atoms. The van der Waals surface area contributed by atoms with Crippen molar-refractivity contribution in [2.24, 2.45) is 0 Å². The molecule has 1 saturated carbocycles. The number of aromatic nitrogens is 4. The average molecular weight is 452 g/mol. The normalized spacial score (nSPS) is 22.1. The van der Waals surface area contributed by atoms with E-state index in [9.17, 15) is 4.79 Å². The average Bonchev–Trinajstić information content (AvgIpc) is 3.53. The number of hydrogen-bond acceptors (Lipinski definition) is 6. The van der Waals surface area contributed by atoms with Crippen molar-refractivity contribution in [1.82, 2.24) is 34.9 Å². The zero-order valence-electron chi connectivity index (χ0n) is 20.2. The highest BCUT2D eigenvalue weighted by Gasteiger charge is 2.45. The standard InChI is InChI=1S/C25H37N7O/c1-20-9-8-10-21(2)23(20)32-24(26-27-28-32)25(11-4-3-5-12-25)31-17-15-29(16-18-31)19-22(33)30-13-6-7-14-30/h8-10H,3-7,11-19H2,1-2H3. The molecule has 1 aromatic heterocycles. The number of benzene rings is 1. The van der Waals surface area contributed by atoms with Crippen LogP contribution in [0.5, 0.6) is 0 Å². The molecule has 8 heteroatoms. The van der Waals surface area contributed by atoms with Gasteiger partial charge in [0, 0.05) is 39.3 Å². The summed E-state index contributed by atoms with van der Waals surface area (Å²) >= 11 is 0. The number of para-hydroxylation sites is 1. The van der Waals surface area contributed by atoms with Crippen molar-refractivity contribution in [3.05, 3.63) is 35.2 Å². The van der Waals surface area contributed by atoms with Crippen molar-refractivity contribution >= 4 is 5.91 Å². The third kappa shape index (κ3) is 4.30. The Kier molecular flexibility index (Phi) is 6.47. The largest absolute Gasteiger partial charge is 0.342 e. The Labute approximate surface area is 196 Å². The van der Waals surface area contributed by atoms with Gasteiger partial charge in [0.15, 0.2) is 5.82 Å². The number of rotatable bonds is 5. The minimum atomic E-state index is -0.137. The zero-order valence-corrected chi connectivity index (χ0v) is 20.2. The zero-order chi connectivity index (χ0) is 22.8. The molecule has 3 fully saturated rings. The molecule has 3 heterocycles. The Bertz CT molecular complexity index is 947. The summed E-state index contributed by atoms with van der Waals surface area (Å²) in [5.74, 6) is 1.29. The quantitative estimate of drug-likeness (QED) is 0.696. The van der Waals surface area contributed by atoms with E-state index in [-0.39, 0.29) is 5.54 Å². The second-order valence-electron chi connectivity index (χ2n) is 10.1. The van der Waals surface area contributed by atoms with Crippen molar-refractivity contribution < 1.29 is 4.79 Å². The molecular formula is C25H37N7O. The molecule has 2 aromatic rings. The van der Waals surface area contributed by atoms with E-state index in [1.54, 1.807) is 0 Å². The fraction of sp³-hybridized carbons (Fsp3) is 0.680. The molecule has 0 N–H and O–H groups in total. The number of hydrogen-bond donors (Lipinski definition) is 0. The third-order valence-corrected chi connectivity index (χ3v) is 8.01. The first-order chi connectivity index (χ1) is 16.1. The summed E-state index contributed by atoms with van der Waals surface area (Å²) in [6.07, 6.45) is 8.15. The maximum Gasteiger partial charge on any atom is 0.236 e. The minimum Gasteiger partial charge on any atom is -0.342 e. The Morgan fingerprint density at radius 1 is 0.909 bits per heavy atom. The van der Waals surface area contributed by atoms with Crippen LogP contribution in [0.1, 0.15) is 61.9 Å². The first-order valence-electron chi connectivity index (χ1n) is 12.7. The van der Waals surface area contributed by atoms with Crippen LogP contribution in [0.15, 0.2) is 18.2 Å². The van der Waals surface area contributed by atoms with Gasteiger partial charge in [0.1, 0.15) is 0 Å². The number of aryl methyl sites for hydroxylation is 2. The lowest BCUT2D eigenvalue weighted by Crippen LogP contribution is -2.58. The van der Waals surface area contributed by atoms with Gasteiger partial charge in [-0.2, -0.15) is 4.68 Å². The number of tetrazole rings is 1. The lowest BCUT2D eigenvalue weighted by molar-refractivity contribution is -0.132. The van der Waals surface area contributed by atoms with E-state index < -0.39 is 0 Å². The summed E-state index contributed by atoms with van der Waals surface area (Å²) in [4.78, 5) is 19.6. The number of amides is 1. The Balaban J connectivity index is 1.37. The molecule has 1 amide bonds. The molecule has 0 atom stereocenters. The van der Waals surface area contributed by atoms with Crippen LogP contribution in [0, 0.1) is 13.8 Å². The Morgan fingerprint density at radius 3 is 2.24 bits per heavy atom. The van der Waals surface area contributed by atoms with Gasteiger partial charge in [-0.05, 0) is 61.1 Å². The highest BCUT2D eigenvalue weighted by atomic mass is 16.2. The molecule has 2 aliphatic heterocycles. The van der Waals surface area contributed by atoms with E-state index in [2.05, 4.69) is 57.4 Å². The number of carbonyl (C=O) groups is 1. The second kappa shape index (κ2) is 9.50.